The Morgan fingerprint density at radius 3 is 3.04 bits per heavy atom. The lowest BCUT2D eigenvalue weighted by Gasteiger charge is -2.07. The topological polar surface area (TPSA) is 54.9 Å². The fourth-order valence-corrected chi connectivity index (χ4v) is 3.02. The fraction of sp³-hybridized carbons (Fsp3) is 0.333. The third-order valence-electron chi connectivity index (χ3n) is 4.02. The molecule has 0 amide bonds. The van der Waals surface area contributed by atoms with Gasteiger partial charge in [-0.25, -0.2) is 4.98 Å². The van der Waals surface area contributed by atoms with E-state index < -0.39 is 0 Å². The molecule has 0 saturated carbocycles. The second kappa shape index (κ2) is 7.49. The van der Waals surface area contributed by atoms with Crippen LogP contribution >= 0.6 is 12.2 Å². The Hall–Kier alpha value is -2.34. The van der Waals surface area contributed by atoms with Gasteiger partial charge in [0.2, 0.25) is 0 Å². The molecule has 0 saturated heterocycles. The van der Waals surface area contributed by atoms with Crippen LogP contribution in [0.4, 0.5) is 0 Å². The Balaban J connectivity index is 1.51. The zero-order chi connectivity index (χ0) is 16.9. The van der Waals surface area contributed by atoms with E-state index >= 15 is 0 Å². The summed E-state index contributed by atoms with van der Waals surface area (Å²) in [6, 6.07) is 6.03. The van der Waals surface area contributed by atoms with E-state index in [-0.39, 0.29) is 0 Å². The van der Waals surface area contributed by atoms with Crippen LogP contribution in [-0.4, -0.2) is 33.2 Å². The van der Waals surface area contributed by atoms with Crippen LogP contribution in [0.15, 0.2) is 36.9 Å². The third kappa shape index (κ3) is 3.94. The maximum absolute atomic E-state index is 5.48. The number of nitrogens with zero attached hydrogens (tertiary/aromatic N) is 2. The number of aryl methyl sites for hydroxylation is 2. The Kier molecular flexibility index (Phi) is 5.15. The van der Waals surface area contributed by atoms with E-state index in [9.17, 15) is 0 Å². The zero-order valence-corrected chi connectivity index (χ0v) is 14.8. The first-order valence-electron chi connectivity index (χ1n) is 8.03. The quantitative estimate of drug-likeness (QED) is 0.512. The van der Waals surface area contributed by atoms with Gasteiger partial charge in [0.05, 0.1) is 24.1 Å². The number of methoxy groups -OCH3 is 1. The maximum Gasteiger partial charge on any atom is 0.119 e. The number of nitrogens with one attached hydrogen (secondary N) is 2. The molecule has 3 aromatic rings. The molecule has 126 valence electrons. The molecular weight excluding hydrogens is 320 g/mol. The second-order valence-electron chi connectivity index (χ2n) is 5.89. The summed E-state index contributed by atoms with van der Waals surface area (Å²) in [5.74, 6) is 0.859. The number of ether oxygens (including phenoxy) is 1. The largest absolute Gasteiger partial charge is 0.497 e. The van der Waals surface area contributed by atoms with Crippen molar-refractivity contribution in [2.24, 2.45) is 7.05 Å². The molecule has 1 aromatic carbocycles. The summed E-state index contributed by atoms with van der Waals surface area (Å²) in [5.41, 5.74) is 3.41. The average Bonchev–Trinajstić information content (AvgIpc) is 3.17. The number of aromatic nitrogens is 3. The molecule has 2 N–H and O–H groups in total. The van der Waals surface area contributed by atoms with Gasteiger partial charge in [0.15, 0.2) is 0 Å². The van der Waals surface area contributed by atoms with Crippen LogP contribution in [0.3, 0.4) is 0 Å². The Morgan fingerprint density at radius 2 is 2.29 bits per heavy atom. The van der Waals surface area contributed by atoms with Crippen LogP contribution in [0.1, 0.15) is 17.7 Å². The first-order chi connectivity index (χ1) is 11.7. The van der Waals surface area contributed by atoms with Crippen molar-refractivity contribution < 1.29 is 4.74 Å². The van der Waals surface area contributed by atoms with Gasteiger partial charge >= 0.3 is 0 Å². The molecule has 2 aromatic heterocycles. The summed E-state index contributed by atoms with van der Waals surface area (Å²) < 4.78 is 7.28. The number of benzene rings is 1. The monoisotopic (exact) mass is 342 g/mol. The predicted octanol–water partition coefficient (Wildman–Crippen LogP) is 3.00. The van der Waals surface area contributed by atoms with E-state index in [0.717, 1.165) is 53.1 Å². The van der Waals surface area contributed by atoms with Gasteiger partial charge in [-0.05, 0) is 36.6 Å². The number of fused-ring (bicyclic) bond motifs is 1. The van der Waals surface area contributed by atoms with Crippen molar-refractivity contribution in [1.82, 2.24) is 19.9 Å². The second-order valence-corrected chi connectivity index (χ2v) is 6.38. The summed E-state index contributed by atoms with van der Waals surface area (Å²) in [7, 11) is 3.67. The van der Waals surface area contributed by atoms with Crippen molar-refractivity contribution in [3.8, 4) is 5.75 Å². The van der Waals surface area contributed by atoms with Crippen molar-refractivity contribution >= 4 is 28.1 Å². The highest BCUT2D eigenvalue weighted by atomic mass is 32.1. The van der Waals surface area contributed by atoms with Gasteiger partial charge in [0.25, 0.3) is 0 Å². The van der Waals surface area contributed by atoms with Gasteiger partial charge in [-0.1, -0.05) is 12.2 Å². The summed E-state index contributed by atoms with van der Waals surface area (Å²) in [6.45, 7) is 0.862. The molecule has 0 radical (unpaired) electrons. The van der Waals surface area contributed by atoms with Crippen LogP contribution in [0.25, 0.3) is 10.9 Å². The predicted molar refractivity (Wildman–Crippen MR) is 101 cm³/mol. The normalized spacial score (nSPS) is 10.9. The number of thiocarbonyl (C=S) groups is 1. The van der Waals surface area contributed by atoms with Gasteiger partial charge in [-0.2, -0.15) is 0 Å². The van der Waals surface area contributed by atoms with E-state index in [1.165, 1.54) is 5.56 Å². The standard InChI is InChI=1S/C18H22N4OS/c1-22-11-14(21-12-22)4-3-7-19-18(24)8-13-10-20-17-6-5-15(23-2)9-16(13)17/h5-6,9-12,20H,3-4,7-8H2,1-2H3,(H,19,24). The van der Waals surface area contributed by atoms with E-state index in [1.54, 1.807) is 7.11 Å². The summed E-state index contributed by atoms with van der Waals surface area (Å²) in [5, 5.41) is 4.50. The highest BCUT2D eigenvalue weighted by molar-refractivity contribution is 7.80. The number of aromatic amines is 1. The van der Waals surface area contributed by atoms with Gasteiger partial charge in [-0.3, -0.25) is 0 Å². The molecule has 0 fully saturated rings. The molecule has 0 aliphatic heterocycles. The van der Waals surface area contributed by atoms with Crippen LogP contribution in [0, 0.1) is 0 Å². The Morgan fingerprint density at radius 1 is 1.42 bits per heavy atom. The molecular formula is C18H22N4OS. The number of hydrogen-bond acceptors (Lipinski definition) is 3. The first-order valence-corrected chi connectivity index (χ1v) is 8.44. The lowest BCUT2D eigenvalue weighted by molar-refractivity contribution is 0.415. The Bertz CT molecular complexity index is 837. The SMILES string of the molecule is COc1ccc2[nH]cc(CC(=S)NCCCc3cn(C)cn3)c2c1. The molecule has 24 heavy (non-hydrogen) atoms. The molecule has 0 aliphatic carbocycles. The van der Waals surface area contributed by atoms with E-state index in [4.69, 9.17) is 17.0 Å². The van der Waals surface area contributed by atoms with E-state index in [1.807, 2.05) is 42.3 Å². The van der Waals surface area contributed by atoms with Gasteiger partial charge in [0.1, 0.15) is 5.75 Å². The van der Waals surface area contributed by atoms with Crippen molar-refractivity contribution in [1.29, 1.82) is 0 Å². The van der Waals surface area contributed by atoms with Gasteiger partial charge < -0.3 is 19.6 Å². The van der Waals surface area contributed by atoms with Crippen molar-refractivity contribution in [2.75, 3.05) is 13.7 Å². The van der Waals surface area contributed by atoms with E-state index in [2.05, 4.69) is 21.5 Å². The first kappa shape index (κ1) is 16.5. The molecule has 0 spiro atoms. The van der Waals surface area contributed by atoms with E-state index in [0.29, 0.717) is 0 Å². The number of rotatable bonds is 7. The van der Waals surface area contributed by atoms with Crippen LogP contribution in [0.2, 0.25) is 0 Å². The highest BCUT2D eigenvalue weighted by Crippen LogP contribution is 2.24. The minimum atomic E-state index is 0.728. The molecule has 0 atom stereocenters. The minimum absolute atomic E-state index is 0.728. The van der Waals surface area contributed by atoms with Crippen molar-refractivity contribution in [2.45, 2.75) is 19.3 Å². The van der Waals surface area contributed by atoms with Gasteiger partial charge in [-0.15, -0.1) is 0 Å². The highest BCUT2D eigenvalue weighted by Gasteiger charge is 2.07. The van der Waals surface area contributed by atoms with Crippen molar-refractivity contribution in [3.63, 3.8) is 0 Å². The average molecular weight is 342 g/mol. The molecule has 5 nitrogen and oxygen atoms in total. The molecule has 0 bridgehead atoms. The number of H-pyrrole nitrogens is 1. The lowest BCUT2D eigenvalue weighted by Crippen LogP contribution is -2.24. The number of hydrogen-bond donors (Lipinski definition) is 2. The van der Waals surface area contributed by atoms with Gasteiger partial charge in [0, 0.05) is 43.3 Å². The molecule has 6 heteroatoms. The summed E-state index contributed by atoms with van der Waals surface area (Å²) in [6.07, 6.45) is 8.61. The summed E-state index contributed by atoms with van der Waals surface area (Å²) in [4.78, 5) is 8.47. The Labute approximate surface area is 147 Å². The van der Waals surface area contributed by atoms with Crippen LogP contribution in [-0.2, 0) is 19.9 Å². The molecule has 0 unspecified atom stereocenters. The minimum Gasteiger partial charge on any atom is -0.497 e. The summed E-state index contributed by atoms with van der Waals surface area (Å²) >= 11 is 5.48. The lowest BCUT2D eigenvalue weighted by atomic mass is 10.1. The smallest absolute Gasteiger partial charge is 0.119 e. The van der Waals surface area contributed by atoms with Crippen LogP contribution in [0.5, 0.6) is 5.75 Å². The molecule has 3 rings (SSSR count). The van der Waals surface area contributed by atoms with Crippen molar-refractivity contribution in [3.05, 3.63) is 48.2 Å². The maximum atomic E-state index is 5.48. The molecule has 0 aliphatic rings. The third-order valence-corrected chi connectivity index (χ3v) is 4.30. The zero-order valence-electron chi connectivity index (χ0n) is 14.0. The van der Waals surface area contributed by atoms with Crippen LogP contribution < -0.4 is 10.1 Å². The number of imidazole rings is 1. The molecule has 2 heterocycles. The fourth-order valence-electron chi connectivity index (χ4n) is 2.76.